The van der Waals surface area contributed by atoms with Gasteiger partial charge in [-0.2, -0.15) is 0 Å². The number of anilines is 2. The minimum absolute atomic E-state index is 0.0179. The van der Waals surface area contributed by atoms with Crippen molar-refractivity contribution in [3.05, 3.63) is 81.5 Å². The molecule has 1 fully saturated rings. The van der Waals surface area contributed by atoms with Crippen LogP contribution in [0.3, 0.4) is 0 Å². The quantitative estimate of drug-likeness (QED) is 0.557. The first-order valence-corrected chi connectivity index (χ1v) is 11.1. The van der Waals surface area contributed by atoms with Crippen LogP contribution in [0, 0.1) is 0 Å². The molecule has 0 saturated carbocycles. The van der Waals surface area contributed by atoms with E-state index in [0.717, 1.165) is 34.8 Å². The molecule has 5 nitrogen and oxygen atoms in total. The van der Waals surface area contributed by atoms with Crippen LogP contribution >= 0.6 is 22.9 Å². The maximum atomic E-state index is 13.0. The van der Waals surface area contributed by atoms with Crippen molar-refractivity contribution in [3.63, 3.8) is 0 Å². The first-order chi connectivity index (χ1) is 14.6. The number of hydrogen-bond acceptors (Lipinski definition) is 3. The van der Waals surface area contributed by atoms with Gasteiger partial charge in [0.1, 0.15) is 0 Å². The highest BCUT2D eigenvalue weighted by molar-refractivity contribution is 7.10. The average molecular weight is 440 g/mol. The van der Waals surface area contributed by atoms with E-state index in [1.807, 2.05) is 70.9 Å². The van der Waals surface area contributed by atoms with E-state index in [0.29, 0.717) is 24.5 Å². The first-order valence-electron chi connectivity index (χ1n) is 9.82. The Balaban J connectivity index is 1.39. The van der Waals surface area contributed by atoms with E-state index in [1.165, 1.54) is 0 Å². The molecule has 2 aromatic carbocycles. The molecule has 0 spiro atoms. The van der Waals surface area contributed by atoms with E-state index < -0.39 is 0 Å². The number of thiophene rings is 1. The molecule has 1 aromatic heterocycles. The fourth-order valence-electron chi connectivity index (χ4n) is 3.52. The number of rotatable bonds is 6. The van der Waals surface area contributed by atoms with E-state index >= 15 is 0 Å². The average Bonchev–Trinajstić information content (AvgIpc) is 3.23. The Hall–Kier alpha value is -2.83. The molecule has 1 aliphatic heterocycles. The van der Waals surface area contributed by atoms with Gasteiger partial charge in [0.15, 0.2) is 0 Å². The second kappa shape index (κ2) is 9.32. The summed E-state index contributed by atoms with van der Waals surface area (Å²) < 4.78 is 0. The van der Waals surface area contributed by atoms with Crippen molar-refractivity contribution >= 4 is 46.3 Å². The van der Waals surface area contributed by atoms with Gasteiger partial charge in [0.2, 0.25) is 5.91 Å². The van der Waals surface area contributed by atoms with Gasteiger partial charge in [-0.15, -0.1) is 11.3 Å². The summed E-state index contributed by atoms with van der Waals surface area (Å²) in [5.74, 6) is -0.0491. The van der Waals surface area contributed by atoms with Crippen LogP contribution in [0.15, 0.2) is 66.0 Å². The Bertz CT molecular complexity index is 1020. The highest BCUT2D eigenvalue weighted by atomic mass is 35.5. The molecule has 1 aliphatic rings. The molecule has 3 amide bonds. The SMILES string of the molecule is O=C(Cc1cccs1)Nc1ccc(N2CCCN(Cc3cccc(Cl)c3)C2=O)cc1. The zero-order valence-electron chi connectivity index (χ0n) is 16.4. The van der Waals surface area contributed by atoms with Crippen LogP contribution in [0.4, 0.5) is 16.2 Å². The number of amides is 3. The molecule has 7 heteroatoms. The monoisotopic (exact) mass is 439 g/mol. The van der Waals surface area contributed by atoms with Crippen molar-refractivity contribution in [1.82, 2.24) is 4.90 Å². The molecule has 154 valence electrons. The summed E-state index contributed by atoms with van der Waals surface area (Å²) in [5.41, 5.74) is 2.56. The molecule has 1 saturated heterocycles. The molecule has 3 aromatic rings. The molecule has 0 bridgehead atoms. The van der Waals surface area contributed by atoms with Crippen LogP contribution < -0.4 is 10.2 Å². The van der Waals surface area contributed by atoms with Gasteiger partial charge in [-0.25, -0.2) is 4.79 Å². The molecule has 0 radical (unpaired) electrons. The van der Waals surface area contributed by atoms with E-state index in [9.17, 15) is 9.59 Å². The number of halogens is 1. The lowest BCUT2D eigenvalue weighted by atomic mass is 10.1. The third-order valence-corrected chi connectivity index (χ3v) is 6.06. The largest absolute Gasteiger partial charge is 0.326 e. The van der Waals surface area contributed by atoms with E-state index in [-0.39, 0.29) is 11.9 Å². The first kappa shape index (κ1) is 20.4. The molecule has 4 rings (SSSR count). The van der Waals surface area contributed by atoms with Gasteiger partial charge < -0.3 is 10.2 Å². The van der Waals surface area contributed by atoms with Gasteiger partial charge in [0.25, 0.3) is 0 Å². The molecule has 0 atom stereocenters. The number of carbonyl (C=O) groups is 2. The summed E-state index contributed by atoms with van der Waals surface area (Å²) in [6.07, 6.45) is 1.26. The van der Waals surface area contributed by atoms with Gasteiger partial charge >= 0.3 is 6.03 Å². The lowest BCUT2D eigenvalue weighted by Crippen LogP contribution is -2.49. The molecule has 0 aliphatic carbocycles. The maximum Gasteiger partial charge on any atom is 0.324 e. The zero-order valence-corrected chi connectivity index (χ0v) is 18.0. The zero-order chi connectivity index (χ0) is 20.9. The molecule has 2 heterocycles. The Kier molecular flexibility index (Phi) is 6.35. The fourth-order valence-corrected chi connectivity index (χ4v) is 4.44. The van der Waals surface area contributed by atoms with E-state index in [2.05, 4.69) is 5.32 Å². The van der Waals surface area contributed by atoms with Gasteiger partial charge in [-0.1, -0.05) is 29.8 Å². The standard InChI is InChI=1S/C23H22ClN3O2S/c24-18-5-1-4-17(14-18)16-26-11-3-12-27(23(26)29)20-9-7-19(8-10-20)25-22(28)15-21-6-2-13-30-21/h1-2,4-10,13-14H,3,11-12,15-16H2,(H,25,28). The highest BCUT2D eigenvalue weighted by Gasteiger charge is 2.26. The summed E-state index contributed by atoms with van der Waals surface area (Å²) >= 11 is 7.64. The topological polar surface area (TPSA) is 52.7 Å². The molecule has 1 N–H and O–H groups in total. The van der Waals surface area contributed by atoms with Crippen LogP contribution in [-0.2, 0) is 17.8 Å². The Morgan fingerprint density at radius 2 is 1.90 bits per heavy atom. The van der Waals surface area contributed by atoms with Gasteiger partial charge in [-0.3, -0.25) is 9.69 Å². The summed E-state index contributed by atoms with van der Waals surface area (Å²) in [4.78, 5) is 29.8. The predicted octanol–water partition coefficient (Wildman–Crippen LogP) is 5.42. The minimum atomic E-state index is -0.0491. The second-order valence-electron chi connectivity index (χ2n) is 7.19. The van der Waals surface area contributed by atoms with Crippen LogP contribution in [0.1, 0.15) is 16.9 Å². The van der Waals surface area contributed by atoms with E-state index in [4.69, 9.17) is 11.6 Å². The van der Waals surface area contributed by atoms with Crippen molar-refractivity contribution in [2.75, 3.05) is 23.3 Å². The van der Waals surface area contributed by atoms with Crippen LogP contribution in [0.2, 0.25) is 5.02 Å². The normalized spacial score (nSPS) is 14.1. The van der Waals surface area contributed by atoms with Crippen molar-refractivity contribution < 1.29 is 9.59 Å². The van der Waals surface area contributed by atoms with Gasteiger partial charge in [0, 0.05) is 40.9 Å². The second-order valence-corrected chi connectivity index (χ2v) is 8.66. The maximum absolute atomic E-state index is 13.0. The number of benzene rings is 2. The number of nitrogens with zero attached hydrogens (tertiary/aromatic N) is 2. The lowest BCUT2D eigenvalue weighted by Gasteiger charge is -2.35. The Morgan fingerprint density at radius 3 is 2.63 bits per heavy atom. The lowest BCUT2D eigenvalue weighted by molar-refractivity contribution is -0.115. The van der Waals surface area contributed by atoms with Gasteiger partial charge in [-0.05, 0) is 59.8 Å². The van der Waals surface area contributed by atoms with Crippen LogP contribution in [0.5, 0.6) is 0 Å². The number of nitrogens with one attached hydrogen (secondary N) is 1. The summed E-state index contributed by atoms with van der Waals surface area (Å²) in [6, 6.07) is 18.9. The Morgan fingerprint density at radius 1 is 1.07 bits per heavy atom. The van der Waals surface area contributed by atoms with Crippen molar-refractivity contribution in [1.29, 1.82) is 0 Å². The van der Waals surface area contributed by atoms with Crippen molar-refractivity contribution in [2.45, 2.75) is 19.4 Å². The summed E-state index contributed by atoms with van der Waals surface area (Å²) in [6.45, 7) is 1.93. The predicted molar refractivity (Wildman–Crippen MR) is 122 cm³/mol. The molecule has 30 heavy (non-hydrogen) atoms. The fraction of sp³-hybridized carbons (Fsp3) is 0.217. The summed E-state index contributed by atoms with van der Waals surface area (Å²) in [7, 11) is 0. The van der Waals surface area contributed by atoms with Crippen LogP contribution in [-0.4, -0.2) is 29.9 Å². The third-order valence-electron chi connectivity index (χ3n) is 4.95. The van der Waals surface area contributed by atoms with Gasteiger partial charge in [0.05, 0.1) is 6.42 Å². The number of carbonyl (C=O) groups excluding carboxylic acids is 2. The molecular formula is C23H22ClN3O2S. The minimum Gasteiger partial charge on any atom is -0.326 e. The smallest absolute Gasteiger partial charge is 0.324 e. The Labute approximate surface area is 184 Å². The summed E-state index contributed by atoms with van der Waals surface area (Å²) in [5, 5.41) is 5.54. The third kappa shape index (κ3) is 5.01. The highest BCUT2D eigenvalue weighted by Crippen LogP contribution is 2.24. The number of hydrogen-bond donors (Lipinski definition) is 1. The van der Waals surface area contributed by atoms with Crippen molar-refractivity contribution in [2.24, 2.45) is 0 Å². The van der Waals surface area contributed by atoms with Crippen LogP contribution in [0.25, 0.3) is 0 Å². The molecule has 0 unspecified atom stereocenters. The van der Waals surface area contributed by atoms with Crippen molar-refractivity contribution in [3.8, 4) is 0 Å². The van der Waals surface area contributed by atoms with E-state index in [1.54, 1.807) is 16.2 Å². The number of urea groups is 1. The molecular weight excluding hydrogens is 418 g/mol.